The molecule has 1 radical (unpaired) electrons. The van der Waals surface area contributed by atoms with Crippen molar-refractivity contribution in [2.24, 2.45) is 0 Å². The molecule has 0 amide bonds. The second-order valence-corrected chi connectivity index (χ2v) is 6.12. The highest BCUT2D eigenvalue weighted by Gasteiger charge is 2.10. The highest BCUT2D eigenvalue weighted by molar-refractivity contribution is 9.10. The maximum atomic E-state index is 4.35. The second kappa shape index (κ2) is 5.14. The van der Waals surface area contributed by atoms with Gasteiger partial charge in [-0.05, 0) is 48.9 Å². The van der Waals surface area contributed by atoms with E-state index < -0.39 is 0 Å². The Morgan fingerprint density at radius 3 is 2.77 bits per heavy atom. The molecular formula is C18H13BrN3. The third-order valence-corrected chi connectivity index (χ3v) is 4.33. The van der Waals surface area contributed by atoms with E-state index in [9.17, 15) is 0 Å². The van der Waals surface area contributed by atoms with E-state index in [-0.39, 0.29) is 0 Å². The third-order valence-electron chi connectivity index (χ3n) is 3.80. The number of benzene rings is 2. The highest BCUT2D eigenvalue weighted by Crippen LogP contribution is 2.28. The highest BCUT2D eigenvalue weighted by atomic mass is 79.9. The lowest BCUT2D eigenvalue weighted by Crippen LogP contribution is -1.99. The summed E-state index contributed by atoms with van der Waals surface area (Å²) in [6.07, 6.45) is 1.72. The molecule has 0 unspecified atom stereocenters. The molecule has 0 atom stereocenters. The molecule has 2 aromatic carbocycles. The lowest BCUT2D eigenvalue weighted by Gasteiger charge is -2.12. The molecule has 2 heterocycles. The standard InChI is InChI=1S/C18H13BrN3/c1-12-2-9-18(13-3-5-14(19)6-4-13)22(12)15-7-8-16-17(10-15)21-11-20-16/h3-11H,1H3,(H,20,21). The summed E-state index contributed by atoms with van der Waals surface area (Å²) in [4.78, 5) is 7.47. The fraction of sp³-hybridized carbons (Fsp3) is 0.0556. The lowest BCUT2D eigenvalue weighted by atomic mass is 10.1. The quantitative estimate of drug-likeness (QED) is 0.548. The predicted octanol–water partition coefficient (Wildman–Crippen LogP) is 4.89. The van der Waals surface area contributed by atoms with Gasteiger partial charge in [0.2, 0.25) is 0 Å². The number of H-pyrrole nitrogens is 1. The summed E-state index contributed by atoms with van der Waals surface area (Å²) in [6, 6.07) is 19.9. The minimum Gasteiger partial charge on any atom is -0.345 e. The number of rotatable bonds is 2. The predicted molar refractivity (Wildman–Crippen MR) is 92.1 cm³/mol. The number of aryl methyl sites for hydroxylation is 1. The number of nitrogens with one attached hydrogen (secondary N) is 1. The zero-order chi connectivity index (χ0) is 15.1. The molecule has 3 nitrogen and oxygen atoms in total. The van der Waals surface area contributed by atoms with Crippen molar-refractivity contribution in [2.75, 3.05) is 0 Å². The van der Waals surface area contributed by atoms with Crippen LogP contribution in [0.2, 0.25) is 0 Å². The summed E-state index contributed by atoms with van der Waals surface area (Å²) in [6.45, 7) is 2.07. The molecule has 0 saturated heterocycles. The van der Waals surface area contributed by atoms with E-state index in [0.717, 1.165) is 38.1 Å². The molecule has 1 N–H and O–H groups in total. The van der Waals surface area contributed by atoms with Crippen molar-refractivity contribution in [2.45, 2.75) is 6.92 Å². The average Bonchev–Trinajstić information content (AvgIpc) is 3.13. The van der Waals surface area contributed by atoms with Crippen molar-refractivity contribution in [1.29, 1.82) is 0 Å². The summed E-state index contributed by atoms with van der Waals surface area (Å²) in [5.41, 5.74) is 6.47. The number of hydrogen-bond donors (Lipinski definition) is 1. The molecule has 0 bridgehead atoms. The van der Waals surface area contributed by atoms with Gasteiger partial charge in [-0.2, -0.15) is 0 Å². The summed E-state index contributed by atoms with van der Waals surface area (Å²) >= 11 is 3.48. The van der Waals surface area contributed by atoms with E-state index in [1.165, 1.54) is 0 Å². The summed E-state index contributed by atoms with van der Waals surface area (Å²) in [5.74, 6) is 0. The van der Waals surface area contributed by atoms with Gasteiger partial charge in [0.15, 0.2) is 0 Å². The second-order valence-electron chi connectivity index (χ2n) is 5.21. The summed E-state index contributed by atoms with van der Waals surface area (Å²) in [7, 11) is 0. The lowest BCUT2D eigenvalue weighted by molar-refractivity contribution is 1.02. The molecule has 4 aromatic rings. The number of fused-ring (bicyclic) bond motifs is 1. The summed E-state index contributed by atoms with van der Waals surface area (Å²) in [5, 5.41) is 0. The molecule has 0 spiro atoms. The minimum atomic E-state index is 0.965. The Kier molecular flexibility index (Phi) is 3.12. The van der Waals surface area contributed by atoms with Crippen molar-refractivity contribution in [1.82, 2.24) is 14.5 Å². The SMILES string of the molecule is Cc1[c]cc(-c2ccc(Br)cc2)n1-c1ccc2[nH]cnc2c1. The first kappa shape index (κ1) is 13.3. The van der Waals surface area contributed by atoms with Crippen LogP contribution in [-0.2, 0) is 0 Å². The van der Waals surface area contributed by atoms with Crippen LogP contribution < -0.4 is 0 Å². The zero-order valence-corrected chi connectivity index (χ0v) is 13.6. The Bertz CT molecular complexity index is 948. The van der Waals surface area contributed by atoms with Gasteiger partial charge in [-0.25, -0.2) is 4.98 Å². The molecule has 107 valence electrons. The van der Waals surface area contributed by atoms with Gasteiger partial charge in [-0.3, -0.25) is 0 Å². The van der Waals surface area contributed by atoms with E-state index in [4.69, 9.17) is 0 Å². The van der Waals surface area contributed by atoms with E-state index in [0.29, 0.717) is 0 Å². The molecule has 4 heteroatoms. The number of halogens is 1. The van der Waals surface area contributed by atoms with Crippen molar-refractivity contribution in [3.63, 3.8) is 0 Å². The first-order chi connectivity index (χ1) is 10.7. The molecular weight excluding hydrogens is 338 g/mol. The average molecular weight is 351 g/mol. The van der Waals surface area contributed by atoms with Crippen LogP contribution >= 0.6 is 15.9 Å². The Hall–Kier alpha value is -2.33. The Balaban J connectivity index is 1.91. The van der Waals surface area contributed by atoms with Gasteiger partial charge in [-0.1, -0.05) is 28.1 Å². The minimum absolute atomic E-state index is 0.965. The van der Waals surface area contributed by atoms with E-state index in [2.05, 4.69) is 85.9 Å². The van der Waals surface area contributed by atoms with Gasteiger partial charge >= 0.3 is 0 Å². The maximum absolute atomic E-state index is 4.35. The number of hydrogen-bond acceptors (Lipinski definition) is 1. The van der Waals surface area contributed by atoms with Gasteiger partial charge in [0.05, 0.1) is 23.1 Å². The number of nitrogens with zero attached hydrogens (tertiary/aromatic N) is 2. The molecule has 0 aliphatic carbocycles. The van der Waals surface area contributed by atoms with Gasteiger partial charge in [0.25, 0.3) is 0 Å². The van der Waals surface area contributed by atoms with Crippen LogP contribution in [0.3, 0.4) is 0 Å². The van der Waals surface area contributed by atoms with Gasteiger partial charge < -0.3 is 9.55 Å². The van der Waals surface area contributed by atoms with Crippen molar-refractivity contribution in [3.8, 4) is 16.9 Å². The monoisotopic (exact) mass is 350 g/mol. The fourth-order valence-corrected chi connectivity index (χ4v) is 2.97. The number of imidazole rings is 1. The van der Waals surface area contributed by atoms with E-state index in [1.54, 1.807) is 6.33 Å². The van der Waals surface area contributed by atoms with Crippen LogP contribution in [0.15, 0.2) is 59.3 Å². The molecule has 0 aliphatic heterocycles. The largest absolute Gasteiger partial charge is 0.345 e. The molecule has 0 aliphatic rings. The van der Waals surface area contributed by atoms with Crippen LogP contribution in [-0.4, -0.2) is 14.5 Å². The Labute approximate surface area is 136 Å². The Morgan fingerprint density at radius 1 is 1.14 bits per heavy atom. The third kappa shape index (κ3) is 2.16. The molecule has 0 fully saturated rings. The first-order valence-corrected chi connectivity index (χ1v) is 7.81. The normalized spacial score (nSPS) is 11.2. The van der Waals surface area contributed by atoms with Crippen molar-refractivity contribution in [3.05, 3.63) is 71.1 Å². The van der Waals surface area contributed by atoms with Gasteiger partial charge in [-0.15, -0.1) is 0 Å². The Morgan fingerprint density at radius 2 is 1.95 bits per heavy atom. The topological polar surface area (TPSA) is 33.6 Å². The first-order valence-electron chi connectivity index (χ1n) is 7.02. The van der Waals surface area contributed by atoms with Gasteiger partial charge in [0.1, 0.15) is 0 Å². The van der Waals surface area contributed by atoms with Crippen LogP contribution in [0.4, 0.5) is 0 Å². The molecule has 2 aromatic heterocycles. The smallest absolute Gasteiger partial charge is 0.0931 e. The van der Waals surface area contributed by atoms with Crippen molar-refractivity contribution >= 4 is 27.0 Å². The molecule has 22 heavy (non-hydrogen) atoms. The van der Waals surface area contributed by atoms with Crippen LogP contribution in [0.1, 0.15) is 5.69 Å². The molecule has 0 saturated carbocycles. The maximum Gasteiger partial charge on any atom is 0.0931 e. The van der Waals surface area contributed by atoms with E-state index >= 15 is 0 Å². The van der Waals surface area contributed by atoms with E-state index in [1.807, 2.05) is 6.07 Å². The number of aromatic amines is 1. The van der Waals surface area contributed by atoms with Crippen LogP contribution in [0.5, 0.6) is 0 Å². The van der Waals surface area contributed by atoms with Crippen molar-refractivity contribution < 1.29 is 0 Å². The molecule has 4 rings (SSSR count). The number of aromatic nitrogens is 3. The van der Waals surface area contributed by atoms with Crippen LogP contribution in [0.25, 0.3) is 28.0 Å². The van der Waals surface area contributed by atoms with Gasteiger partial charge in [0, 0.05) is 21.9 Å². The summed E-state index contributed by atoms with van der Waals surface area (Å²) < 4.78 is 3.28. The van der Waals surface area contributed by atoms with Crippen LogP contribution in [0, 0.1) is 13.0 Å². The fourth-order valence-electron chi connectivity index (χ4n) is 2.71. The zero-order valence-electron chi connectivity index (χ0n) is 12.0.